The highest BCUT2D eigenvalue weighted by atomic mass is 35.5. The van der Waals surface area contributed by atoms with Gasteiger partial charge in [0, 0.05) is 12.6 Å². The summed E-state index contributed by atoms with van der Waals surface area (Å²) in [5.41, 5.74) is 7.17. The Balaban J connectivity index is 0.00000200. The monoisotopic (exact) mass is 298 g/mol. The van der Waals surface area contributed by atoms with Crippen molar-refractivity contribution in [3.8, 4) is 5.75 Å². The van der Waals surface area contributed by atoms with Gasteiger partial charge in [-0.25, -0.2) is 0 Å². The van der Waals surface area contributed by atoms with Crippen LogP contribution in [0.2, 0.25) is 0 Å². The van der Waals surface area contributed by atoms with Crippen molar-refractivity contribution in [3.63, 3.8) is 0 Å². The number of rotatable bonds is 7. The standard InChI is InChI=1S/C15H22N2O2.ClH/c1-2-11-3-7-13(8-4-11)19-10-15(18)17-9-14(16)12-5-6-12;/h3-4,7-8,12,14H,2,5-6,9-10,16H2,1H3,(H,17,18);1H. The van der Waals surface area contributed by atoms with E-state index in [9.17, 15) is 4.79 Å². The Labute approximate surface area is 126 Å². The third kappa shape index (κ3) is 5.39. The first-order chi connectivity index (χ1) is 9.19. The topological polar surface area (TPSA) is 64.3 Å². The number of halogens is 1. The molecule has 5 heteroatoms. The second-order valence-corrected chi connectivity index (χ2v) is 5.09. The lowest BCUT2D eigenvalue weighted by atomic mass is 10.2. The van der Waals surface area contributed by atoms with Gasteiger partial charge in [0.05, 0.1) is 0 Å². The minimum Gasteiger partial charge on any atom is -0.484 e. The summed E-state index contributed by atoms with van der Waals surface area (Å²) < 4.78 is 5.42. The van der Waals surface area contributed by atoms with Crippen LogP contribution >= 0.6 is 12.4 Å². The first-order valence-electron chi connectivity index (χ1n) is 6.93. The number of hydrogen-bond donors (Lipinski definition) is 2. The van der Waals surface area contributed by atoms with Gasteiger partial charge in [0.1, 0.15) is 5.75 Å². The smallest absolute Gasteiger partial charge is 0.257 e. The minimum absolute atomic E-state index is 0. The molecule has 1 unspecified atom stereocenters. The summed E-state index contributed by atoms with van der Waals surface area (Å²) >= 11 is 0. The number of nitrogens with one attached hydrogen (secondary N) is 1. The van der Waals surface area contributed by atoms with Crippen molar-refractivity contribution < 1.29 is 9.53 Å². The number of carbonyl (C=O) groups is 1. The highest BCUT2D eigenvalue weighted by molar-refractivity contribution is 5.85. The van der Waals surface area contributed by atoms with E-state index in [2.05, 4.69) is 12.2 Å². The lowest BCUT2D eigenvalue weighted by Gasteiger charge is -2.12. The highest BCUT2D eigenvalue weighted by Crippen LogP contribution is 2.31. The molecule has 0 aliphatic heterocycles. The Morgan fingerprint density at radius 2 is 2.05 bits per heavy atom. The molecule has 2 rings (SSSR count). The van der Waals surface area contributed by atoms with Crippen LogP contribution in [0.1, 0.15) is 25.3 Å². The molecule has 1 saturated carbocycles. The fourth-order valence-electron chi connectivity index (χ4n) is 1.94. The molecule has 1 atom stereocenters. The van der Waals surface area contributed by atoms with Crippen LogP contribution in [0.4, 0.5) is 0 Å². The van der Waals surface area contributed by atoms with E-state index in [1.54, 1.807) is 0 Å². The molecule has 4 nitrogen and oxygen atoms in total. The lowest BCUT2D eigenvalue weighted by molar-refractivity contribution is -0.123. The number of benzene rings is 1. The first-order valence-corrected chi connectivity index (χ1v) is 6.93. The van der Waals surface area contributed by atoms with Gasteiger partial charge in [0.2, 0.25) is 0 Å². The molecule has 1 fully saturated rings. The molecule has 0 radical (unpaired) electrons. The summed E-state index contributed by atoms with van der Waals surface area (Å²) in [4.78, 5) is 11.6. The van der Waals surface area contributed by atoms with E-state index in [4.69, 9.17) is 10.5 Å². The fraction of sp³-hybridized carbons (Fsp3) is 0.533. The van der Waals surface area contributed by atoms with Crippen LogP contribution in [-0.2, 0) is 11.2 Å². The Morgan fingerprint density at radius 3 is 2.60 bits per heavy atom. The largest absolute Gasteiger partial charge is 0.484 e. The zero-order valence-corrected chi connectivity index (χ0v) is 12.6. The van der Waals surface area contributed by atoms with Crippen molar-refractivity contribution in [1.29, 1.82) is 0 Å². The number of nitrogens with two attached hydrogens (primary N) is 1. The van der Waals surface area contributed by atoms with Gasteiger partial charge in [0.15, 0.2) is 6.61 Å². The summed E-state index contributed by atoms with van der Waals surface area (Å²) in [6.45, 7) is 2.69. The van der Waals surface area contributed by atoms with Gasteiger partial charge in [-0.3, -0.25) is 4.79 Å². The molecular formula is C15H23ClN2O2. The van der Waals surface area contributed by atoms with E-state index < -0.39 is 0 Å². The van der Waals surface area contributed by atoms with E-state index >= 15 is 0 Å². The van der Waals surface area contributed by atoms with Crippen LogP contribution in [0.15, 0.2) is 24.3 Å². The summed E-state index contributed by atoms with van der Waals surface area (Å²) in [6, 6.07) is 7.89. The average Bonchev–Trinajstić information content (AvgIpc) is 3.27. The fourth-order valence-corrected chi connectivity index (χ4v) is 1.94. The summed E-state index contributed by atoms with van der Waals surface area (Å²) in [5.74, 6) is 1.21. The van der Waals surface area contributed by atoms with Gasteiger partial charge >= 0.3 is 0 Å². The molecular weight excluding hydrogens is 276 g/mol. The van der Waals surface area contributed by atoms with Crippen LogP contribution in [0.5, 0.6) is 5.75 Å². The maximum atomic E-state index is 11.6. The Morgan fingerprint density at radius 1 is 1.40 bits per heavy atom. The Bertz CT molecular complexity index is 418. The number of amides is 1. The molecule has 1 aromatic carbocycles. The average molecular weight is 299 g/mol. The third-order valence-electron chi connectivity index (χ3n) is 3.46. The van der Waals surface area contributed by atoms with E-state index in [-0.39, 0.29) is 31.0 Å². The molecule has 0 bridgehead atoms. The quantitative estimate of drug-likeness (QED) is 0.808. The summed E-state index contributed by atoms with van der Waals surface area (Å²) in [5, 5.41) is 2.81. The zero-order chi connectivity index (χ0) is 13.7. The predicted molar refractivity (Wildman–Crippen MR) is 82.3 cm³/mol. The van der Waals surface area contributed by atoms with Crippen LogP contribution in [0.25, 0.3) is 0 Å². The van der Waals surface area contributed by atoms with Crippen LogP contribution in [0, 0.1) is 5.92 Å². The van der Waals surface area contributed by atoms with E-state index in [0.717, 1.165) is 12.2 Å². The van der Waals surface area contributed by atoms with Crippen molar-refractivity contribution in [3.05, 3.63) is 29.8 Å². The van der Waals surface area contributed by atoms with Gasteiger partial charge in [0.25, 0.3) is 5.91 Å². The van der Waals surface area contributed by atoms with Crippen molar-refractivity contribution >= 4 is 18.3 Å². The van der Waals surface area contributed by atoms with E-state index in [1.807, 2.05) is 24.3 Å². The maximum Gasteiger partial charge on any atom is 0.257 e. The van der Waals surface area contributed by atoms with Crippen LogP contribution in [0.3, 0.4) is 0 Å². The first kappa shape index (κ1) is 16.8. The maximum absolute atomic E-state index is 11.6. The van der Waals surface area contributed by atoms with E-state index in [1.165, 1.54) is 18.4 Å². The predicted octanol–water partition coefficient (Wildman–Crippen LogP) is 1.90. The molecule has 0 spiro atoms. The zero-order valence-electron chi connectivity index (χ0n) is 11.8. The molecule has 0 aromatic heterocycles. The van der Waals surface area contributed by atoms with Crippen molar-refractivity contribution in [2.75, 3.05) is 13.2 Å². The second-order valence-electron chi connectivity index (χ2n) is 5.09. The Kier molecular flexibility index (Phi) is 6.82. The molecule has 3 N–H and O–H groups in total. The number of hydrogen-bond acceptors (Lipinski definition) is 3. The molecule has 20 heavy (non-hydrogen) atoms. The van der Waals surface area contributed by atoms with Gasteiger partial charge < -0.3 is 15.8 Å². The van der Waals surface area contributed by atoms with Crippen molar-refractivity contribution in [1.82, 2.24) is 5.32 Å². The Hall–Kier alpha value is -1.26. The van der Waals surface area contributed by atoms with E-state index in [0.29, 0.717) is 12.5 Å². The summed E-state index contributed by atoms with van der Waals surface area (Å²) in [6.07, 6.45) is 3.38. The molecule has 0 saturated heterocycles. The van der Waals surface area contributed by atoms with Gasteiger partial charge in [-0.1, -0.05) is 19.1 Å². The van der Waals surface area contributed by atoms with Gasteiger partial charge in [-0.2, -0.15) is 0 Å². The normalized spacial score (nSPS) is 15.1. The SMILES string of the molecule is CCc1ccc(OCC(=O)NCC(N)C2CC2)cc1.Cl. The lowest BCUT2D eigenvalue weighted by Crippen LogP contribution is -2.40. The molecule has 0 heterocycles. The third-order valence-corrected chi connectivity index (χ3v) is 3.46. The molecule has 112 valence electrons. The molecule has 1 aliphatic carbocycles. The number of ether oxygens (including phenoxy) is 1. The second kappa shape index (κ2) is 8.12. The summed E-state index contributed by atoms with van der Waals surface area (Å²) in [7, 11) is 0. The van der Waals surface area contributed by atoms with Gasteiger partial charge in [-0.05, 0) is 42.9 Å². The van der Waals surface area contributed by atoms with Crippen LogP contribution in [-0.4, -0.2) is 25.1 Å². The highest BCUT2D eigenvalue weighted by Gasteiger charge is 2.28. The molecule has 1 aromatic rings. The van der Waals surface area contributed by atoms with Crippen molar-refractivity contribution in [2.24, 2.45) is 11.7 Å². The van der Waals surface area contributed by atoms with Crippen LogP contribution < -0.4 is 15.8 Å². The molecule has 1 amide bonds. The van der Waals surface area contributed by atoms with Crippen molar-refractivity contribution in [2.45, 2.75) is 32.2 Å². The minimum atomic E-state index is -0.115. The number of aryl methyl sites for hydroxylation is 1. The molecule has 1 aliphatic rings. The number of carbonyl (C=O) groups excluding carboxylic acids is 1. The van der Waals surface area contributed by atoms with Gasteiger partial charge in [-0.15, -0.1) is 12.4 Å².